The highest BCUT2D eigenvalue weighted by molar-refractivity contribution is 5.98. The lowest BCUT2D eigenvalue weighted by atomic mass is 9.67. The number of ketones is 1. The maximum absolute atomic E-state index is 14.4. The third kappa shape index (κ3) is 4.10. The number of Topliss-reactive ketones (excluding diaryl/α,β-unsaturated/α-hetero) is 1. The van der Waals surface area contributed by atoms with Crippen LogP contribution in [0.1, 0.15) is 66.1 Å². The van der Waals surface area contributed by atoms with Crippen molar-refractivity contribution >= 4 is 5.78 Å². The summed E-state index contributed by atoms with van der Waals surface area (Å²) in [4.78, 5) is 12.6. The lowest BCUT2D eigenvalue weighted by Gasteiger charge is -2.37. The Morgan fingerprint density at radius 2 is 1.68 bits per heavy atom. The Balaban J connectivity index is 1.78. The molecular formula is C22H21F5O. The Kier molecular flexibility index (Phi) is 5.34. The molecule has 1 aliphatic rings. The first-order valence-electron chi connectivity index (χ1n) is 9.16. The number of hydrogen-bond acceptors (Lipinski definition) is 1. The van der Waals surface area contributed by atoms with Crippen molar-refractivity contribution in [3.05, 3.63) is 70.5 Å². The molecule has 0 radical (unpaired) electrons. The van der Waals surface area contributed by atoms with Gasteiger partial charge in [0.1, 0.15) is 5.82 Å². The van der Waals surface area contributed by atoms with Gasteiger partial charge >= 0.3 is 0 Å². The summed E-state index contributed by atoms with van der Waals surface area (Å²) >= 11 is 0. The summed E-state index contributed by atoms with van der Waals surface area (Å²) in [6, 6.07) is 8.97. The molecule has 0 aliphatic heterocycles. The minimum absolute atomic E-state index is 0.0168. The van der Waals surface area contributed by atoms with Crippen LogP contribution >= 0.6 is 0 Å². The highest BCUT2D eigenvalue weighted by Gasteiger charge is 2.37. The molecule has 28 heavy (non-hydrogen) atoms. The lowest BCUT2D eigenvalue weighted by Crippen LogP contribution is -2.28. The SMILES string of the molecule is CC(F)(F)c1ccc(C2CC[C@H]2CC(=O)c2ccccc2C(C)(F)F)c(F)c1. The zero-order valence-corrected chi connectivity index (χ0v) is 15.6. The molecule has 1 nitrogen and oxygen atoms in total. The smallest absolute Gasteiger partial charge is 0.271 e. The van der Waals surface area contributed by atoms with Gasteiger partial charge < -0.3 is 0 Å². The summed E-state index contributed by atoms with van der Waals surface area (Å²) in [5.41, 5.74) is -0.454. The molecule has 1 saturated carbocycles. The number of alkyl halides is 4. The normalized spacial score (nSPS) is 20.0. The van der Waals surface area contributed by atoms with Crippen LogP contribution in [0.3, 0.4) is 0 Å². The fourth-order valence-corrected chi connectivity index (χ4v) is 3.78. The molecule has 0 bridgehead atoms. The van der Waals surface area contributed by atoms with Gasteiger partial charge in [0.25, 0.3) is 11.8 Å². The van der Waals surface area contributed by atoms with Gasteiger partial charge in [0, 0.05) is 37.0 Å². The summed E-state index contributed by atoms with van der Waals surface area (Å²) in [6.07, 6.45) is 1.30. The summed E-state index contributed by atoms with van der Waals surface area (Å²) in [7, 11) is 0. The maximum Gasteiger partial charge on any atom is 0.271 e. The van der Waals surface area contributed by atoms with Gasteiger partial charge in [-0.25, -0.2) is 22.0 Å². The van der Waals surface area contributed by atoms with E-state index in [0.29, 0.717) is 25.3 Å². The van der Waals surface area contributed by atoms with Crippen LogP contribution in [0.5, 0.6) is 0 Å². The Morgan fingerprint density at radius 1 is 1.00 bits per heavy atom. The van der Waals surface area contributed by atoms with E-state index in [0.717, 1.165) is 13.0 Å². The van der Waals surface area contributed by atoms with Crippen molar-refractivity contribution in [2.24, 2.45) is 5.92 Å². The predicted molar refractivity (Wildman–Crippen MR) is 96.4 cm³/mol. The Bertz CT molecular complexity index is 879. The Labute approximate surface area is 160 Å². The molecule has 1 aliphatic carbocycles. The van der Waals surface area contributed by atoms with Gasteiger partial charge in [-0.1, -0.05) is 36.4 Å². The van der Waals surface area contributed by atoms with Crippen LogP contribution in [0.15, 0.2) is 42.5 Å². The van der Waals surface area contributed by atoms with Crippen LogP contribution in [0.2, 0.25) is 0 Å². The average Bonchev–Trinajstić information content (AvgIpc) is 2.58. The first-order chi connectivity index (χ1) is 13.0. The Morgan fingerprint density at radius 3 is 2.21 bits per heavy atom. The molecule has 2 atom stereocenters. The molecule has 0 heterocycles. The zero-order valence-electron chi connectivity index (χ0n) is 15.6. The minimum atomic E-state index is -3.14. The fourth-order valence-electron chi connectivity index (χ4n) is 3.78. The zero-order chi connectivity index (χ0) is 20.7. The molecule has 0 spiro atoms. The number of carbonyl (C=O) groups excluding carboxylic acids is 1. The van der Waals surface area contributed by atoms with Gasteiger partial charge in [0.05, 0.1) is 0 Å². The van der Waals surface area contributed by atoms with Crippen molar-refractivity contribution in [1.29, 1.82) is 0 Å². The lowest BCUT2D eigenvalue weighted by molar-refractivity contribution is 0.0159. The van der Waals surface area contributed by atoms with E-state index < -0.39 is 29.0 Å². The summed E-state index contributed by atoms with van der Waals surface area (Å²) in [5, 5.41) is 0. The second-order valence-electron chi connectivity index (χ2n) is 7.63. The molecule has 0 aromatic heterocycles. The number of halogens is 5. The fraction of sp³-hybridized carbons (Fsp3) is 0.409. The van der Waals surface area contributed by atoms with E-state index in [2.05, 4.69) is 0 Å². The molecule has 6 heteroatoms. The van der Waals surface area contributed by atoms with Crippen molar-refractivity contribution in [3.8, 4) is 0 Å². The molecule has 0 saturated heterocycles. The largest absolute Gasteiger partial charge is 0.294 e. The quantitative estimate of drug-likeness (QED) is 0.387. The van der Waals surface area contributed by atoms with Gasteiger partial charge in [0.15, 0.2) is 5.78 Å². The molecule has 2 aromatic carbocycles. The number of carbonyl (C=O) groups is 1. The molecule has 3 rings (SSSR count). The van der Waals surface area contributed by atoms with Crippen molar-refractivity contribution in [3.63, 3.8) is 0 Å². The first kappa shape index (κ1) is 20.5. The predicted octanol–water partition coefficient (Wildman–Crippen LogP) is 6.82. The molecule has 2 aromatic rings. The van der Waals surface area contributed by atoms with Gasteiger partial charge in [-0.05, 0) is 36.3 Å². The topological polar surface area (TPSA) is 17.1 Å². The van der Waals surface area contributed by atoms with E-state index in [1.165, 1.54) is 36.4 Å². The molecule has 1 fully saturated rings. The highest BCUT2D eigenvalue weighted by Crippen LogP contribution is 2.46. The van der Waals surface area contributed by atoms with Crippen molar-refractivity contribution in [1.82, 2.24) is 0 Å². The van der Waals surface area contributed by atoms with Gasteiger partial charge in [-0.3, -0.25) is 4.79 Å². The number of rotatable bonds is 6. The standard InChI is InChI=1S/C22H21F5O/c1-21(24,25)14-8-10-16(19(23)12-14)15-9-7-13(15)11-20(28)17-5-3-4-6-18(17)22(2,26)27/h3-6,8,10,12-13,15H,7,9,11H2,1-2H3/t13-,15?/m0/s1. The minimum Gasteiger partial charge on any atom is -0.294 e. The monoisotopic (exact) mass is 396 g/mol. The van der Waals surface area contributed by atoms with E-state index in [1.54, 1.807) is 0 Å². The second kappa shape index (κ2) is 7.30. The van der Waals surface area contributed by atoms with Crippen LogP contribution in [-0.4, -0.2) is 5.78 Å². The Hall–Kier alpha value is -2.24. The third-order valence-corrected chi connectivity index (χ3v) is 5.47. The summed E-state index contributed by atoms with van der Waals surface area (Å²) in [5.74, 6) is -7.89. The highest BCUT2D eigenvalue weighted by atomic mass is 19.3. The summed E-state index contributed by atoms with van der Waals surface area (Å²) in [6.45, 7) is 1.44. The summed E-state index contributed by atoms with van der Waals surface area (Å²) < 4.78 is 68.7. The van der Waals surface area contributed by atoms with Crippen molar-refractivity contribution < 1.29 is 26.7 Å². The first-order valence-corrected chi connectivity index (χ1v) is 9.16. The van der Waals surface area contributed by atoms with Crippen LogP contribution < -0.4 is 0 Å². The van der Waals surface area contributed by atoms with Gasteiger partial charge in [-0.2, -0.15) is 0 Å². The van der Waals surface area contributed by atoms with E-state index in [-0.39, 0.29) is 29.4 Å². The number of benzene rings is 2. The van der Waals surface area contributed by atoms with Gasteiger partial charge in [-0.15, -0.1) is 0 Å². The van der Waals surface area contributed by atoms with E-state index in [4.69, 9.17) is 0 Å². The molecular weight excluding hydrogens is 375 g/mol. The van der Waals surface area contributed by atoms with Crippen LogP contribution in [-0.2, 0) is 11.8 Å². The third-order valence-electron chi connectivity index (χ3n) is 5.47. The molecule has 150 valence electrons. The van der Waals surface area contributed by atoms with Gasteiger partial charge in [0.2, 0.25) is 0 Å². The van der Waals surface area contributed by atoms with E-state index >= 15 is 0 Å². The maximum atomic E-state index is 14.4. The molecule has 1 unspecified atom stereocenters. The molecule has 0 amide bonds. The molecule has 0 N–H and O–H groups in total. The van der Waals surface area contributed by atoms with E-state index in [9.17, 15) is 26.7 Å². The van der Waals surface area contributed by atoms with E-state index in [1.807, 2.05) is 0 Å². The number of hydrogen-bond donors (Lipinski definition) is 0. The average molecular weight is 396 g/mol. The van der Waals surface area contributed by atoms with Crippen LogP contribution in [0.4, 0.5) is 22.0 Å². The van der Waals surface area contributed by atoms with Crippen molar-refractivity contribution in [2.75, 3.05) is 0 Å². The van der Waals surface area contributed by atoms with Crippen LogP contribution in [0, 0.1) is 11.7 Å². The van der Waals surface area contributed by atoms with Crippen molar-refractivity contribution in [2.45, 2.75) is 50.9 Å². The second-order valence-corrected chi connectivity index (χ2v) is 7.63. The van der Waals surface area contributed by atoms with Crippen LogP contribution in [0.25, 0.3) is 0 Å².